The number of ether oxygens (including phenoxy) is 1. The summed E-state index contributed by atoms with van der Waals surface area (Å²) >= 11 is 1.36. The summed E-state index contributed by atoms with van der Waals surface area (Å²) in [6, 6.07) is 5.18. The molecule has 4 nitrogen and oxygen atoms in total. The SMILES string of the molecule is CCOC(=O)C(Nc1ccc(F)cc1)c1cncs1. The molecule has 1 N–H and O–H groups in total. The molecule has 1 atom stereocenters. The minimum absolute atomic E-state index is 0.305. The van der Waals surface area contributed by atoms with Gasteiger partial charge in [-0.1, -0.05) is 0 Å². The van der Waals surface area contributed by atoms with E-state index in [-0.39, 0.29) is 11.8 Å². The van der Waals surface area contributed by atoms with Crippen LogP contribution in [-0.2, 0) is 9.53 Å². The summed E-state index contributed by atoms with van der Waals surface area (Å²) in [4.78, 5) is 16.6. The molecule has 0 saturated heterocycles. The molecule has 1 aromatic heterocycles. The van der Waals surface area contributed by atoms with Crippen LogP contribution in [0, 0.1) is 5.82 Å². The Labute approximate surface area is 114 Å². The second-order valence-corrected chi connectivity index (χ2v) is 4.66. The van der Waals surface area contributed by atoms with Gasteiger partial charge in [0.15, 0.2) is 6.04 Å². The molecule has 6 heteroatoms. The molecule has 2 aromatic rings. The van der Waals surface area contributed by atoms with Crippen molar-refractivity contribution in [2.24, 2.45) is 0 Å². The number of anilines is 1. The van der Waals surface area contributed by atoms with Crippen molar-refractivity contribution in [3.63, 3.8) is 0 Å². The molecule has 0 bridgehead atoms. The van der Waals surface area contributed by atoms with Gasteiger partial charge in [-0.05, 0) is 31.2 Å². The summed E-state index contributed by atoms with van der Waals surface area (Å²) in [6.45, 7) is 2.05. The number of benzene rings is 1. The van der Waals surface area contributed by atoms with E-state index in [1.807, 2.05) is 0 Å². The molecular formula is C13H13FN2O2S. The van der Waals surface area contributed by atoms with Crippen LogP contribution < -0.4 is 5.32 Å². The highest BCUT2D eigenvalue weighted by atomic mass is 32.1. The monoisotopic (exact) mass is 280 g/mol. The molecule has 0 aliphatic heterocycles. The number of carbonyl (C=O) groups is 1. The van der Waals surface area contributed by atoms with E-state index in [9.17, 15) is 9.18 Å². The third kappa shape index (κ3) is 3.51. The largest absolute Gasteiger partial charge is 0.464 e. The maximum absolute atomic E-state index is 12.8. The van der Waals surface area contributed by atoms with Crippen molar-refractivity contribution in [1.29, 1.82) is 0 Å². The van der Waals surface area contributed by atoms with Crippen LogP contribution in [0.5, 0.6) is 0 Å². The second-order valence-electron chi connectivity index (χ2n) is 3.74. The molecule has 0 saturated carbocycles. The van der Waals surface area contributed by atoms with Crippen LogP contribution in [-0.4, -0.2) is 17.6 Å². The summed E-state index contributed by atoms with van der Waals surface area (Å²) in [7, 11) is 0. The van der Waals surface area contributed by atoms with Gasteiger partial charge in [0.1, 0.15) is 5.82 Å². The summed E-state index contributed by atoms with van der Waals surface area (Å²) in [6.07, 6.45) is 1.61. The number of carbonyl (C=O) groups excluding carboxylic acids is 1. The fourth-order valence-corrected chi connectivity index (χ4v) is 2.21. The zero-order chi connectivity index (χ0) is 13.7. The molecule has 1 heterocycles. The van der Waals surface area contributed by atoms with E-state index in [0.717, 1.165) is 4.88 Å². The lowest BCUT2D eigenvalue weighted by atomic mass is 10.2. The van der Waals surface area contributed by atoms with Crippen LogP contribution >= 0.6 is 11.3 Å². The van der Waals surface area contributed by atoms with Crippen LogP contribution in [0.3, 0.4) is 0 Å². The molecule has 0 amide bonds. The van der Waals surface area contributed by atoms with Gasteiger partial charge < -0.3 is 10.1 Å². The van der Waals surface area contributed by atoms with Gasteiger partial charge in [-0.25, -0.2) is 9.18 Å². The summed E-state index contributed by atoms with van der Waals surface area (Å²) in [5.41, 5.74) is 2.29. The minimum atomic E-state index is -0.627. The van der Waals surface area contributed by atoms with E-state index < -0.39 is 6.04 Å². The lowest BCUT2D eigenvalue weighted by Gasteiger charge is -2.16. The molecule has 0 aliphatic rings. The Balaban J connectivity index is 2.18. The average molecular weight is 280 g/mol. The molecule has 0 fully saturated rings. The summed E-state index contributed by atoms with van der Waals surface area (Å²) < 4.78 is 17.9. The topological polar surface area (TPSA) is 51.2 Å². The van der Waals surface area contributed by atoms with Crippen molar-refractivity contribution >= 4 is 23.0 Å². The molecule has 0 spiro atoms. The quantitative estimate of drug-likeness (QED) is 0.855. The third-order valence-corrected chi connectivity index (χ3v) is 3.25. The number of esters is 1. The Bertz CT molecular complexity index is 528. The number of hydrogen-bond donors (Lipinski definition) is 1. The van der Waals surface area contributed by atoms with E-state index in [4.69, 9.17) is 4.74 Å². The highest BCUT2D eigenvalue weighted by Crippen LogP contribution is 2.24. The number of nitrogens with zero attached hydrogens (tertiary/aromatic N) is 1. The zero-order valence-electron chi connectivity index (χ0n) is 10.3. The van der Waals surface area contributed by atoms with Gasteiger partial charge in [-0.15, -0.1) is 11.3 Å². The first-order valence-corrected chi connectivity index (χ1v) is 6.65. The zero-order valence-corrected chi connectivity index (χ0v) is 11.1. The number of hydrogen-bond acceptors (Lipinski definition) is 5. The third-order valence-electron chi connectivity index (χ3n) is 2.41. The molecule has 0 aliphatic carbocycles. The lowest BCUT2D eigenvalue weighted by molar-refractivity contribution is -0.144. The highest BCUT2D eigenvalue weighted by molar-refractivity contribution is 7.09. The average Bonchev–Trinajstić information content (AvgIpc) is 2.92. The van der Waals surface area contributed by atoms with Gasteiger partial charge in [-0.3, -0.25) is 4.98 Å². The van der Waals surface area contributed by atoms with Gasteiger partial charge in [0.2, 0.25) is 0 Å². The Morgan fingerprint density at radius 2 is 2.21 bits per heavy atom. The first-order chi connectivity index (χ1) is 9.20. The van der Waals surface area contributed by atoms with Crippen LogP contribution in [0.25, 0.3) is 0 Å². The smallest absolute Gasteiger partial charge is 0.334 e. The number of rotatable bonds is 5. The molecule has 0 radical (unpaired) electrons. The van der Waals surface area contributed by atoms with Crippen LogP contribution in [0.2, 0.25) is 0 Å². The standard InChI is InChI=1S/C13H13FN2O2S/c1-2-18-13(17)12(11-7-15-8-19-11)16-10-5-3-9(14)4-6-10/h3-8,12,16H,2H2,1H3. The van der Waals surface area contributed by atoms with E-state index in [1.54, 1.807) is 30.8 Å². The minimum Gasteiger partial charge on any atom is -0.464 e. The Hall–Kier alpha value is -1.95. The Morgan fingerprint density at radius 1 is 1.47 bits per heavy atom. The molecule has 1 aromatic carbocycles. The van der Waals surface area contributed by atoms with Gasteiger partial charge in [0.25, 0.3) is 0 Å². The van der Waals surface area contributed by atoms with Gasteiger partial charge >= 0.3 is 5.97 Å². The van der Waals surface area contributed by atoms with Crippen LogP contribution in [0.15, 0.2) is 36.0 Å². The molecule has 100 valence electrons. The van der Waals surface area contributed by atoms with E-state index in [1.165, 1.54) is 23.5 Å². The maximum atomic E-state index is 12.8. The van der Waals surface area contributed by atoms with Crippen molar-refractivity contribution in [3.8, 4) is 0 Å². The van der Waals surface area contributed by atoms with E-state index in [0.29, 0.717) is 12.3 Å². The van der Waals surface area contributed by atoms with Crippen LogP contribution in [0.4, 0.5) is 10.1 Å². The Morgan fingerprint density at radius 3 is 2.79 bits per heavy atom. The molecule has 2 rings (SSSR count). The van der Waals surface area contributed by atoms with E-state index in [2.05, 4.69) is 10.3 Å². The van der Waals surface area contributed by atoms with Gasteiger partial charge in [0.05, 0.1) is 17.0 Å². The molecule has 1 unspecified atom stereocenters. The highest BCUT2D eigenvalue weighted by Gasteiger charge is 2.23. The van der Waals surface area contributed by atoms with E-state index >= 15 is 0 Å². The van der Waals surface area contributed by atoms with Crippen molar-refractivity contribution in [2.75, 3.05) is 11.9 Å². The fourth-order valence-electron chi connectivity index (χ4n) is 1.55. The number of aromatic nitrogens is 1. The number of nitrogens with one attached hydrogen (secondary N) is 1. The fraction of sp³-hybridized carbons (Fsp3) is 0.231. The summed E-state index contributed by atoms with van der Waals surface area (Å²) in [5.74, 6) is -0.702. The number of thiazole rings is 1. The second kappa shape index (κ2) is 6.29. The van der Waals surface area contributed by atoms with Crippen LogP contribution in [0.1, 0.15) is 17.8 Å². The van der Waals surface area contributed by atoms with Crippen molar-refractivity contribution in [3.05, 3.63) is 46.7 Å². The summed E-state index contributed by atoms with van der Waals surface area (Å²) in [5, 5.41) is 3.02. The van der Waals surface area contributed by atoms with Gasteiger partial charge in [-0.2, -0.15) is 0 Å². The normalized spacial score (nSPS) is 11.9. The molecule has 19 heavy (non-hydrogen) atoms. The predicted octanol–water partition coefficient (Wildman–Crippen LogP) is 3.00. The first-order valence-electron chi connectivity index (χ1n) is 5.78. The van der Waals surface area contributed by atoms with Crippen molar-refractivity contribution in [2.45, 2.75) is 13.0 Å². The first kappa shape index (κ1) is 13.5. The Kier molecular flexibility index (Phi) is 4.46. The lowest BCUT2D eigenvalue weighted by Crippen LogP contribution is -2.22. The predicted molar refractivity (Wildman–Crippen MR) is 71.5 cm³/mol. The number of halogens is 1. The van der Waals surface area contributed by atoms with Crippen molar-refractivity contribution in [1.82, 2.24) is 4.98 Å². The maximum Gasteiger partial charge on any atom is 0.334 e. The van der Waals surface area contributed by atoms with Gasteiger partial charge in [0, 0.05) is 11.9 Å². The van der Waals surface area contributed by atoms with Crippen molar-refractivity contribution < 1.29 is 13.9 Å². The molecular weight excluding hydrogens is 267 g/mol.